The first-order valence-corrected chi connectivity index (χ1v) is 6.98. The highest BCUT2D eigenvalue weighted by molar-refractivity contribution is 14.1. The number of benzene rings is 1. The third-order valence-electron chi connectivity index (χ3n) is 2.60. The number of amides is 1. The van der Waals surface area contributed by atoms with Gasteiger partial charge in [0, 0.05) is 11.9 Å². The number of anilines is 2. The van der Waals surface area contributed by atoms with Gasteiger partial charge in [-0.1, -0.05) is 11.6 Å². The van der Waals surface area contributed by atoms with Gasteiger partial charge in [-0.2, -0.15) is 5.10 Å². The summed E-state index contributed by atoms with van der Waals surface area (Å²) in [6.45, 7) is 1.77. The van der Waals surface area contributed by atoms with Crippen molar-refractivity contribution in [3.63, 3.8) is 0 Å². The number of hydrogen-bond acceptors (Lipinski definition) is 3. The minimum absolute atomic E-state index is 0.189. The number of nitrogens with two attached hydrogens (primary N) is 1. The van der Waals surface area contributed by atoms with Crippen LogP contribution in [0.4, 0.5) is 11.4 Å². The Bertz CT molecular complexity index is 614. The van der Waals surface area contributed by atoms with E-state index in [-0.39, 0.29) is 5.91 Å². The number of nitrogens with zero attached hydrogens (tertiary/aromatic N) is 2. The molecule has 0 bridgehead atoms. The molecule has 0 radical (unpaired) electrons. The quantitative estimate of drug-likeness (QED) is 0.625. The monoisotopic (exact) mass is 390 g/mol. The van der Waals surface area contributed by atoms with Crippen LogP contribution in [0.15, 0.2) is 30.6 Å². The second-order valence-corrected chi connectivity index (χ2v) is 5.70. The van der Waals surface area contributed by atoms with E-state index >= 15 is 0 Å². The molecule has 1 heterocycles. The lowest BCUT2D eigenvalue weighted by molar-refractivity contribution is -0.119. The maximum absolute atomic E-state index is 12.1. The molecular formula is C12H12ClIN4O. The number of aromatic nitrogens is 2. The zero-order valence-electron chi connectivity index (χ0n) is 10.1. The molecule has 0 spiro atoms. The molecule has 0 aliphatic heterocycles. The lowest BCUT2D eigenvalue weighted by atomic mass is 10.2. The molecule has 0 saturated heterocycles. The summed E-state index contributed by atoms with van der Waals surface area (Å²) in [4.78, 5) is 12.1. The van der Waals surface area contributed by atoms with Crippen LogP contribution in [0, 0.1) is 3.57 Å². The molecule has 1 atom stereocenters. The minimum Gasteiger partial charge on any atom is -0.399 e. The van der Waals surface area contributed by atoms with Gasteiger partial charge < -0.3 is 11.1 Å². The Balaban J connectivity index is 2.12. The van der Waals surface area contributed by atoms with E-state index in [1.165, 1.54) is 0 Å². The highest BCUT2D eigenvalue weighted by atomic mass is 127. The molecule has 0 aliphatic rings. The second kappa shape index (κ2) is 5.79. The van der Waals surface area contributed by atoms with Crippen molar-refractivity contribution in [3.8, 4) is 0 Å². The molecule has 0 fully saturated rings. The number of hydrogen-bond donors (Lipinski definition) is 2. The molecule has 1 unspecified atom stereocenters. The Labute approximate surface area is 129 Å². The summed E-state index contributed by atoms with van der Waals surface area (Å²) in [6.07, 6.45) is 3.50. The van der Waals surface area contributed by atoms with Gasteiger partial charge in [-0.25, -0.2) is 0 Å². The van der Waals surface area contributed by atoms with Gasteiger partial charge in [0.15, 0.2) is 0 Å². The van der Waals surface area contributed by atoms with Crippen LogP contribution in [-0.2, 0) is 4.79 Å². The van der Waals surface area contributed by atoms with E-state index < -0.39 is 6.04 Å². The number of carbonyl (C=O) groups excluding carboxylic acids is 1. The molecule has 0 aliphatic carbocycles. The van der Waals surface area contributed by atoms with Crippen molar-refractivity contribution in [2.75, 3.05) is 11.1 Å². The fourth-order valence-corrected chi connectivity index (χ4v) is 2.16. The fraction of sp³-hybridized carbons (Fsp3) is 0.167. The van der Waals surface area contributed by atoms with E-state index in [0.29, 0.717) is 16.4 Å². The number of nitrogen functional groups attached to an aromatic ring is 1. The van der Waals surface area contributed by atoms with Gasteiger partial charge in [0.2, 0.25) is 5.91 Å². The lowest BCUT2D eigenvalue weighted by Gasteiger charge is -2.13. The summed E-state index contributed by atoms with van der Waals surface area (Å²) < 4.78 is 2.57. The summed E-state index contributed by atoms with van der Waals surface area (Å²) >= 11 is 8.15. The molecule has 2 aromatic rings. The van der Waals surface area contributed by atoms with Crippen LogP contribution >= 0.6 is 34.2 Å². The molecule has 5 nitrogen and oxygen atoms in total. The van der Waals surface area contributed by atoms with E-state index in [9.17, 15) is 4.79 Å². The molecule has 19 heavy (non-hydrogen) atoms. The van der Waals surface area contributed by atoms with Gasteiger partial charge in [0.05, 0.1) is 20.5 Å². The van der Waals surface area contributed by atoms with Crippen molar-refractivity contribution in [1.29, 1.82) is 0 Å². The SMILES string of the molecule is CC(C(=O)Nc1ccc(N)cc1Cl)n1cc(I)cn1. The van der Waals surface area contributed by atoms with Crippen LogP contribution < -0.4 is 11.1 Å². The van der Waals surface area contributed by atoms with E-state index in [4.69, 9.17) is 17.3 Å². The van der Waals surface area contributed by atoms with Crippen LogP contribution in [0.1, 0.15) is 13.0 Å². The maximum atomic E-state index is 12.1. The smallest absolute Gasteiger partial charge is 0.248 e. The predicted molar refractivity (Wildman–Crippen MR) is 84.1 cm³/mol. The predicted octanol–water partition coefficient (Wildman–Crippen LogP) is 2.92. The average Bonchev–Trinajstić information content (AvgIpc) is 2.78. The Kier molecular flexibility index (Phi) is 4.31. The summed E-state index contributed by atoms with van der Waals surface area (Å²) in [6, 6.07) is 4.54. The van der Waals surface area contributed by atoms with Crippen molar-refractivity contribution in [2.45, 2.75) is 13.0 Å². The average molecular weight is 391 g/mol. The van der Waals surface area contributed by atoms with E-state index in [1.807, 2.05) is 0 Å². The minimum atomic E-state index is -0.419. The van der Waals surface area contributed by atoms with Gasteiger partial charge in [0.25, 0.3) is 0 Å². The first-order valence-electron chi connectivity index (χ1n) is 5.53. The highest BCUT2D eigenvalue weighted by Crippen LogP contribution is 2.24. The highest BCUT2D eigenvalue weighted by Gasteiger charge is 2.16. The molecule has 1 aromatic carbocycles. The van der Waals surface area contributed by atoms with Crippen LogP contribution in [-0.4, -0.2) is 15.7 Å². The van der Waals surface area contributed by atoms with E-state index in [0.717, 1.165) is 3.57 Å². The van der Waals surface area contributed by atoms with Crippen molar-refractivity contribution in [1.82, 2.24) is 9.78 Å². The van der Waals surface area contributed by atoms with Gasteiger partial charge in [-0.15, -0.1) is 0 Å². The Morgan fingerprint density at radius 3 is 2.89 bits per heavy atom. The standard InChI is InChI=1S/C12H12ClIN4O/c1-7(18-6-8(14)5-16-18)12(19)17-11-3-2-9(15)4-10(11)13/h2-7H,15H2,1H3,(H,17,19). The summed E-state index contributed by atoms with van der Waals surface area (Å²) in [5, 5.41) is 7.28. The van der Waals surface area contributed by atoms with Crippen LogP contribution in [0.5, 0.6) is 0 Å². The first-order chi connectivity index (χ1) is 8.97. The molecule has 7 heteroatoms. The number of halogens is 2. The molecular weight excluding hydrogens is 379 g/mol. The topological polar surface area (TPSA) is 72.9 Å². The molecule has 1 aromatic heterocycles. The zero-order valence-corrected chi connectivity index (χ0v) is 13.0. The van der Waals surface area contributed by atoms with Crippen molar-refractivity contribution in [3.05, 3.63) is 39.2 Å². The molecule has 0 saturated carbocycles. The fourth-order valence-electron chi connectivity index (χ4n) is 1.52. The van der Waals surface area contributed by atoms with Crippen LogP contribution in [0.2, 0.25) is 5.02 Å². The second-order valence-electron chi connectivity index (χ2n) is 4.04. The largest absolute Gasteiger partial charge is 0.399 e. The third kappa shape index (κ3) is 3.38. The third-order valence-corrected chi connectivity index (χ3v) is 3.47. The van der Waals surface area contributed by atoms with Crippen LogP contribution in [0.3, 0.4) is 0 Å². The van der Waals surface area contributed by atoms with Crippen molar-refractivity contribution in [2.24, 2.45) is 0 Å². The van der Waals surface area contributed by atoms with Gasteiger partial charge >= 0.3 is 0 Å². The zero-order chi connectivity index (χ0) is 14.0. The summed E-state index contributed by atoms with van der Waals surface area (Å²) in [7, 11) is 0. The Morgan fingerprint density at radius 1 is 1.58 bits per heavy atom. The number of carbonyl (C=O) groups is 1. The Morgan fingerprint density at radius 2 is 2.32 bits per heavy atom. The molecule has 2 rings (SSSR count). The van der Waals surface area contributed by atoms with E-state index in [2.05, 4.69) is 33.0 Å². The normalized spacial score (nSPS) is 12.2. The molecule has 3 N–H and O–H groups in total. The van der Waals surface area contributed by atoms with Crippen molar-refractivity contribution >= 4 is 51.5 Å². The summed E-state index contributed by atoms with van der Waals surface area (Å²) in [5.41, 5.74) is 6.69. The first kappa shape index (κ1) is 14.1. The van der Waals surface area contributed by atoms with Crippen LogP contribution in [0.25, 0.3) is 0 Å². The van der Waals surface area contributed by atoms with Gasteiger partial charge in [0.1, 0.15) is 6.04 Å². The summed E-state index contributed by atoms with van der Waals surface area (Å²) in [5.74, 6) is -0.189. The van der Waals surface area contributed by atoms with Crippen molar-refractivity contribution < 1.29 is 4.79 Å². The number of rotatable bonds is 3. The lowest BCUT2D eigenvalue weighted by Crippen LogP contribution is -2.24. The molecule has 1 amide bonds. The maximum Gasteiger partial charge on any atom is 0.248 e. The van der Waals surface area contributed by atoms with Gasteiger partial charge in [-0.05, 0) is 47.7 Å². The number of nitrogens with one attached hydrogen (secondary N) is 1. The van der Waals surface area contributed by atoms with Gasteiger partial charge in [-0.3, -0.25) is 9.48 Å². The van der Waals surface area contributed by atoms with E-state index in [1.54, 1.807) is 42.2 Å². The molecule has 100 valence electrons. The Hall–Kier alpha value is -1.28.